The van der Waals surface area contributed by atoms with Gasteiger partial charge in [0.1, 0.15) is 0 Å². The monoisotopic (exact) mass is 362 g/mol. The molecule has 1 aromatic rings. The van der Waals surface area contributed by atoms with Crippen molar-refractivity contribution in [2.75, 3.05) is 7.11 Å². The Balaban J connectivity index is -0.0000000500. The van der Waals surface area contributed by atoms with Gasteiger partial charge in [0.05, 0.1) is 7.11 Å². The zero-order valence-electron chi connectivity index (χ0n) is 11.0. The van der Waals surface area contributed by atoms with E-state index in [-0.39, 0.29) is 23.0 Å². The minimum absolute atomic E-state index is 0. The molecule has 0 unspecified atom stereocenters. The third-order valence-corrected chi connectivity index (χ3v) is 1.65. The average Bonchev–Trinajstić information content (AvgIpc) is 2.63. The fraction of sp³-hybridized carbons (Fsp3) is 0.0769. The third-order valence-electron chi connectivity index (χ3n) is 1.29. The van der Waals surface area contributed by atoms with Gasteiger partial charge >= 0.3 is 5.97 Å². The molecule has 0 aliphatic carbocycles. The average molecular weight is 362 g/mol. The smallest absolute Gasteiger partial charge is 0.336 e. The van der Waals surface area contributed by atoms with Gasteiger partial charge in [0, 0.05) is 22.6 Å². The number of hydrogen-bond acceptors (Lipinski definition) is 8. The van der Waals surface area contributed by atoms with Crippen LogP contribution in [-0.4, -0.2) is 47.0 Å². The molecule has 0 atom stereocenters. The van der Waals surface area contributed by atoms with Crippen LogP contribution in [0.4, 0.5) is 0 Å². The Labute approximate surface area is 145 Å². The molecule has 7 nitrogen and oxygen atoms in total. The molecule has 0 fully saturated rings. The number of hydrogen-bond donors (Lipinski definition) is 0. The minimum Gasteiger partial charge on any atom is -0.779 e. The Morgan fingerprint density at radius 3 is 1.45 bits per heavy atom. The summed E-state index contributed by atoms with van der Waals surface area (Å²) in [5.41, 5.74) is 0.449. The van der Waals surface area contributed by atoms with Crippen molar-refractivity contribution >= 4 is 52.5 Å². The molecule has 0 bridgehead atoms. The van der Waals surface area contributed by atoms with Crippen molar-refractivity contribution in [1.82, 2.24) is 0 Å². The van der Waals surface area contributed by atoms with Crippen LogP contribution in [0.25, 0.3) is 0 Å². The largest absolute Gasteiger partial charge is 0.779 e. The maximum atomic E-state index is 10.9. The molecule has 0 heterocycles. The maximum absolute atomic E-state index is 10.9. The number of rotatable bonds is 1. The summed E-state index contributed by atoms with van der Waals surface area (Å²) < 4.78 is 4.51. The van der Waals surface area contributed by atoms with Crippen LogP contribution >= 0.6 is 0 Å². The second-order valence-corrected chi connectivity index (χ2v) is 2.43. The summed E-state index contributed by atoms with van der Waals surface area (Å²) in [4.78, 5) is 49.0. The normalized spacial score (nSPS) is 5.50. The Morgan fingerprint density at radius 1 is 0.864 bits per heavy atom. The van der Waals surface area contributed by atoms with Gasteiger partial charge in [-0.2, -0.15) is 4.90 Å². The fourth-order valence-electron chi connectivity index (χ4n) is 0.745. The van der Waals surface area contributed by atoms with Crippen molar-refractivity contribution in [1.29, 1.82) is 0 Å². The molecule has 22 heavy (non-hydrogen) atoms. The van der Waals surface area contributed by atoms with E-state index >= 15 is 0 Å². The molecule has 120 valence electrons. The number of esters is 1. The predicted octanol–water partition coefficient (Wildman–Crippen LogP) is -0.609. The second-order valence-electron chi connectivity index (χ2n) is 1.99. The van der Waals surface area contributed by atoms with Crippen LogP contribution in [-0.2, 0) is 58.4 Å². The van der Waals surface area contributed by atoms with Gasteiger partial charge in [0.15, 0.2) is 0 Å². The van der Waals surface area contributed by atoms with E-state index in [1.807, 2.05) is 0 Å². The van der Waals surface area contributed by atoms with E-state index in [1.165, 1.54) is 7.11 Å². The van der Waals surface area contributed by atoms with Gasteiger partial charge < -0.3 is 75.3 Å². The molecule has 0 saturated heterocycles. The van der Waals surface area contributed by atoms with E-state index in [2.05, 4.69) is 38.7 Å². The first-order chi connectivity index (χ1) is 10.3. The summed E-state index contributed by atoms with van der Waals surface area (Å²) in [6.45, 7) is 22.5. The van der Waals surface area contributed by atoms with Crippen molar-refractivity contribution in [3.63, 3.8) is 0 Å². The molecular formula is C13H7MnO7S-6. The Morgan fingerprint density at radius 2 is 1.18 bits per heavy atom. The SMILES string of the molecule is COC(=O)c1ccccc1[S-].[C-]=O.[C-]=O.[C-]=O.[C-]=O.[C-]=O.[Mn]. The zero-order chi connectivity index (χ0) is 18.3. The third kappa shape index (κ3) is 22.9. The van der Waals surface area contributed by atoms with Crippen LogP contribution in [0.3, 0.4) is 0 Å². The van der Waals surface area contributed by atoms with Crippen LogP contribution < -0.4 is 0 Å². The molecule has 0 aliphatic heterocycles. The second kappa shape index (κ2) is 42.8. The van der Waals surface area contributed by atoms with Crippen LogP contribution in [0.5, 0.6) is 0 Å². The number of carbonyl (C=O) groups is 1. The predicted molar refractivity (Wildman–Crippen MR) is 71.9 cm³/mol. The molecule has 0 aromatic heterocycles. The van der Waals surface area contributed by atoms with E-state index in [0.29, 0.717) is 10.5 Å². The van der Waals surface area contributed by atoms with Crippen molar-refractivity contribution in [3.05, 3.63) is 29.8 Å². The molecule has 9 heteroatoms. The van der Waals surface area contributed by atoms with Crippen LogP contribution in [0, 0.1) is 0 Å². The Kier molecular flexibility index (Phi) is 71.4. The molecular weight excluding hydrogens is 355 g/mol. The summed E-state index contributed by atoms with van der Waals surface area (Å²) >= 11 is 4.89. The van der Waals surface area contributed by atoms with Gasteiger partial charge in [0.25, 0.3) is 0 Å². The van der Waals surface area contributed by atoms with Gasteiger partial charge in [-0.15, -0.1) is 0 Å². The minimum atomic E-state index is -0.379. The molecule has 6 radical (unpaired) electrons. The van der Waals surface area contributed by atoms with Crippen molar-refractivity contribution < 1.29 is 50.6 Å². The summed E-state index contributed by atoms with van der Waals surface area (Å²) in [5, 5.41) is 0. The maximum Gasteiger partial charge on any atom is 0.336 e. The van der Waals surface area contributed by atoms with Gasteiger partial charge in [-0.25, -0.2) is 4.79 Å². The van der Waals surface area contributed by atoms with E-state index in [9.17, 15) is 4.79 Å². The van der Waals surface area contributed by atoms with Gasteiger partial charge in [-0.3, -0.25) is 0 Å². The molecule has 0 saturated carbocycles. The molecule has 0 spiro atoms. The van der Waals surface area contributed by atoms with E-state index in [0.717, 1.165) is 0 Å². The van der Waals surface area contributed by atoms with Crippen molar-refractivity contribution in [2.24, 2.45) is 0 Å². The summed E-state index contributed by atoms with van der Waals surface area (Å²) in [7, 11) is 1.34. The number of benzene rings is 1. The molecule has 0 amide bonds. The molecule has 0 N–H and O–H groups in total. The van der Waals surface area contributed by atoms with E-state index < -0.39 is 0 Å². The molecule has 1 rings (SSSR count). The molecule has 1 aromatic carbocycles. The van der Waals surface area contributed by atoms with E-state index in [4.69, 9.17) is 36.6 Å². The van der Waals surface area contributed by atoms with Crippen LogP contribution in [0.1, 0.15) is 10.4 Å². The van der Waals surface area contributed by atoms with E-state index in [1.54, 1.807) is 24.3 Å². The first-order valence-electron chi connectivity index (χ1n) is 4.12. The summed E-state index contributed by atoms with van der Waals surface area (Å²) in [5.74, 6) is -0.379. The van der Waals surface area contributed by atoms with Crippen LogP contribution in [0.15, 0.2) is 29.2 Å². The number of ether oxygens (including phenoxy) is 1. The number of carbonyl (C=O) groups excluding carboxylic acids is 6. The first-order valence-corrected chi connectivity index (χ1v) is 4.53. The molecule has 0 aliphatic rings. The van der Waals surface area contributed by atoms with Gasteiger partial charge in [-0.05, 0) is 6.07 Å². The zero-order valence-corrected chi connectivity index (χ0v) is 13.0. The summed E-state index contributed by atoms with van der Waals surface area (Å²) in [6, 6.07) is 6.88. The van der Waals surface area contributed by atoms with Gasteiger partial charge in [0.2, 0.25) is 0 Å². The van der Waals surface area contributed by atoms with Crippen molar-refractivity contribution in [3.8, 4) is 0 Å². The quantitative estimate of drug-likeness (QED) is 0.282. The standard InChI is InChI=1S/C8H8O2S.5CO.Mn/c1-10-8(9)6-4-2-3-5-7(6)11;5*1-2;/h2-5,11H,1H3;;;;;;/q;5*-1;/p-1. The first kappa shape index (κ1) is 36.7. The fourth-order valence-corrected chi connectivity index (χ4v) is 0.975. The Hall–Kier alpha value is -2.22. The van der Waals surface area contributed by atoms with Crippen molar-refractivity contribution in [2.45, 2.75) is 4.90 Å². The van der Waals surface area contributed by atoms with Gasteiger partial charge in [-0.1, -0.05) is 18.2 Å². The number of methoxy groups -OCH3 is 1. The van der Waals surface area contributed by atoms with Crippen LogP contribution in [0.2, 0.25) is 0 Å². The Bertz CT molecular complexity index is 341. The summed E-state index contributed by atoms with van der Waals surface area (Å²) in [6.07, 6.45) is 0. The topological polar surface area (TPSA) is 112 Å².